The van der Waals surface area contributed by atoms with Gasteiger partial charge in [0, 0.05) is 11.3 Å². The van der Waals surface area contributed by atoms with E-state index in [9.17, 15) is 10.1 Å². The van der Waals surface area contributed by atoms with E-state index in [1.54, 1.807) is 24.3 Å². The summed E-state index contributed by atoms with van der Waals surface area (Å²) >= 11 is 0. The first kappa shape index (κ1) is 18.9. The molecule has 2 N–H and O–H groups in total. The molecule has 6 nitrogen and oxygen atoms in total. The van der Waals surface area contributed by atoms with E-state index >= 15 is 0 Å². The van der Waals surface area contributed by atoms with Gasteiger partial charge in [-0.15, -0.1) is 0 Å². The van der Waals surface area contributed by atoms with Crippen LogP contribution in [0.15, 0.2) is 64.1 Å². The van der Waals surface area contributed by atoms with E-state index in [2.05, 4.69) is 21.9 Å². The van der Waals surface area contributed by atoms with Gasteiger partial charge >= 0.3 is 0 Å². The number of carbonyl (C=O) groups excluding carboxylic acids is 1. The molecule has 0 spiro atoms. The van der Waals surface area contributed by atoms with Crippen LogP contribution in [-0.4, -0.2) is 18.7 Å². The fraction of sp³-hybridized carbons (Fsp3) is 0.136. The van der Waals surface area contributed by atoms with E-state index in [-0.39, 0.29) is 12.5 Å². The lowest BCUT2D eigenvalue weighted by atomic mass is 10.1. The number of nitriles is 1. The zero-order valence-electron chi connectivity index (χ0n) is 15.7. The summed E-state index contributed by atoms with van der Waals surface area (Å²) in [6.07, 6.45) is 1.42. The van der Waals surface area contributed by atoms with Crippen molar-refractivity contribution in [2.75, 3.05) is 11.9 Å². The Balaban J connectivity index is 1.55. The average Bonchev–Trinajstić information content (AvgIpc) is 3.17. The third kappa shape index (κ3) is 4.65. The zero-order chi connectivity index (χ0) is 19.9. The van der Waals surface area contributed by atoms with Crippen LogP contribution in [0.25, 0.3) is 11.3 Å². The minimum Gasteiger partial charge on any atom is -0.455 e. The fourth-order valence-electron chi connectivity index (χ4n) is 2.60. The van der Waals surface area contributed by atoms with Crippen LogP contribution in [0.4, 0.5) is 5.69 Å². The summed E-state index contributed by atoms with van der Waals surface area (Å²) in [6, 6.07) is 18.8. The van der Waals surface area contributed by atoms with Crippen molar-refractivity contribution < 1.29 is 9.21 Å². The first-order valence-electron chi connectivity index (χ1n) is 8.79. The molecule has 0 unspecified atom stereocenters. The molecule has 0 aliphatic carbocycles. The van der Waals surface area contributed by atoms with Crippen LogP contribution in [0.5, 0.6) is 0 Å². The fourth-order valence-corrected chi connectivity index (χ4v) is 2.60. The first-order valence-corrected chi connectivity index (χ1v) is 8.79. The Bertz CT molecular complexity index is 1060. The molecule has 1 aromatic heterocycles. The van der Waals surface area contributed by atoms with Crippen LogP contribution in [0.3, 0.4) is 0 Å². The maximum atomic E-state index is 11.9. The summed E-state index contributed by atoms with van der Waals surface area (Å²) in [5, 5.41) is 16.2. The summed E-state index contributed by atoms with van der Waals surface area (Å²) in [7, 11) is 0. The van der Waals surface area contributed by atoms with Crippen LogP contribution in [0, 0.1) is 25.2 Å². The summed E-state index contributed by atoms with van der Waals surface area (Å²) in [5.74, 6) is 0.780. The van der Waals surface area contributed by atoms with Gasteiger partial charge in [-0.2, -0.15) is 10.4 Å². The van der Waals surface area contributed by atoms with E-state index in [1.807, 2.05) is 44.2 Å². The molecule has 1 heterocycles. The van der Waals surface area contributed by atoms with Crippen molar-refractivity contribution in [2.45, 2.75) is 13.8 Å². The molecule has 0 atom stereocenters. The van der Waals surface area contributed by atoms with Crippen LogP contribution in [0.1, 0.15) is 22.5 Å². The Morgan fingerprint density at radius 1 is 1.14 bits per heavy atom. The second-order valence-electron chi connectivity index (χ2n) is 6.31. The van der Waals surface area contributed by atoms with Gasteiger partial charge in [0.05, 0.1) is 24.4 Å². The number of hydrazone groups is 1. The molecule has 0 saturated carbocycles. The first-order chi connectivity index (χ1) is 13.6. The normalized spacial score (nSPS) is 10.6. The molecule has 0 fully saturated rings. The molecular weight excluding hydrogens is 352 g/mol. The number of hydrogen-bond acceptors (Lipinski definition) is 5. The molecule has 3 rings (SSSR count). The smallest absolute Gasteiger partial charge is 0.259 e. The second-order valence-corrected chi connectivity index (χ2v) is 6.31. The maximum absolute atomic E-state index is 11.9. The van der Waals surface area contributed by atoms with Crippen molar-refractivity contribution in [2.24, 2.45) is 5.10 Å². The van der Waals surface area contributed by atoms with Gasteiger partial charge in [0.2, 0.25) is 0 Å². The number of nitrogens with one attached hydrogen (secondary N) is 2. The highest BCUT2D eigenvalue weighted by Crippen LogP contribution is 2.24. The molecule has 0 bridgehead atoms. The lowest BCUT2D eigenvalue weighted by molar-refractivity contribution is -0.119. The van der Waals surface area contributed by atoms with Gasteiger partial charge in [0.15, 0.2) is 0 Å². The highest BCUT2D eigenvalue weighted by atomic mass is 16.3. The summed E-state index contributed by atoms with van der Waals surface area (Å²) in [4.78, 5) is 11.9. The Hall–Kier alpha value is -3.85. The summed E-state index contributed by atoms with van der Waals surface area (Å²) in [5.41, 5.74) is 6.95. The van der Waals surface area contributed by atoms with Crippen LogP contribution >= 0.6 is 0 Å². The molecule has 0 radical (unpaired) electrons. The number of anilines is 1. The molecule has 0 saturated heterocycles. The molecule has 2 aromatic carbocycles. The molecule has 1 amide bonds. The molecule has 0 aliphatic heterocycles. The van der Waals surface area contributed by atoms with E-state index in [0.29, 0.717) is 22.6 Å². The number of nitrogens with zero attached hydrogens (tertiary/aromatic N) is 2. The number of furan rings is 1. The van der Waals surface area contributed by atoms with Crippen molar-refractivity contribution in [3.63, 3.8) is 0 Å². The van der Waals surface area contributed by atoms with E-state index < -0.39 is 0 Å². The third-order valence-corrected chi connectivity index (χ3v) is 4.28. The number of rotatable bonds is 6. The van der Waals surface area contributed by atoms with Gasteiger partial charge in [-0.25, -0.2) is 5.43 Å². The van der Waals surface area contributed by atoms with Crippen molar-refractivity contribution in [1.29, 1.82) is 5.26 Å². The minimum absolute atomic E-state index is 0.110. The SMILES string of the molecule is Cc1ccc(NCC(=O)N/N=C/c2ccc(-c3ccccc3C#N)o2)cc1C. The zero-order valence-corrected chi connectivity index (χ0v) is 15.7. The standard InChI is InChI=1S/C22H20N4O2/c1-15-7-8-18(11-16(15)2)24-14-22(27)26-25-13-19-9-10-21(28-19)20-6-4-3-5-17(20)12-23/h3-11,13,24H,14H2,1-2H3,(H,26,27)/b25-13+. The molecule has 140 valence electrons. The number of benzene rings is 2. The second kappa shape index (κ2) is 8.69. The van der Waals surface area contributed by atoms with E-state index in [1.165, 1.54) is 11.8 Å². The Morgan fingerprint density at radius 2 is 1.96 bits per heavy atom. The third-order valence-electron chi connectivity index (χ3n) is 4.28. The van der Waals surface area contributed by atoms with Gasteiger partial charge in [-0.05, 0) is 61.4 Å². The van der Waals surface area contributed by atoms with Crippen molar-refractivity contribution >= 4 is 17.8 Å². The van der Waals surface area contributed by atoms with Gasteiger partial charge in [-0.3, -0.25) is 4.79 Å². The van der Waals surface area contributed by atoms with Gasteiger partial charge in [0.25, 0.3) is 5.91 Å². The number of carbonyl (C=O) groups is 1. The maximum Gasteiger partial charge on any atom is 0.259 e. The minimum atomic E-state index is -0.268. The lowest BCUT2D eigenvalue weighted by Crippen LogP contribution is -2.25. The highest BCUT2D eigenvalue weighted by Gasteiger charge is 2.08. The summed E-state index contributed by atoms with van der Waals surface area (Å²) < 4.78 is 5.68. The number of amides is 1. The molecule has 6 heteroatoms. The Labute approximate surface area is 163 Å². The van der Waals surface area contributed by atoms with Crippen LogP contribution in [0.2, 0.25) is 0 Å². The molecule has 3 aromatic rings. The highest BCUT2D eigenvalue weighted by molar-refractivity contribution is 5.83. The predicted octanol–water partition coefficient (Wildman–Crippen LogP) is 4.00. The monoisotopic (exact) mass is 372 g/mol. The van der Waals surface area contributed by atoms with Gasteiger partial charge < -0.3 is 9.73 Å². The summed E-state index contributed by atoms with van der Waals surface area (Å²) in [6.45, 7) is 4.18. The average molecular weight is 372 g/mol. The van der Waals surface area contributed by atoms with Crippen molar-refractivity contribution in [1.82, 2.24) is 5.43 Å². The van der Waals surface area contributed by atoms with Crippen molar-refractivity contribution in [3.05, 3.63) is 77.0 Å². The largest absolute Gasteiger partial charge is 0.455 e. The molecular formula is C22H20N4O2. The van der Waals surface area contributed by atoms with Crippen LogP contribution in [-0.2, 0) is 4.79 Å². The van der Waals surface area contributed by atoms with Crippen LogP contribution < -0.4 is 10.7 Å². The van der Waals surface area contributed by atoms with Crippen molar-refractivity contribution in [3.8, 4) is 17.4 Å². The van der Waals surface area contributed by atoms with E-state index in [4.69, 9.17) is 4.42 Å². The molecule has 28 heavy (non-hydrogen) atoms. The topological polar surface area (TPSA) is 90.4 Å². The van der Waals surface area contributed by atoms with E-state index in [0.717, 1.165) is 11.3 Å². The quantitative estimate of drug-likeness (QED) is 0.505. The Morgan fingerprint density at radius 3 is 2.75 bits per heavy atom. The number of aryl methyl sites for hydroxylation is 2. The van der Waals surface area contributed by atoms with Gasteiger partial charge in [-0.1, -0.05) is 18.2 Å². The Kier molecular flexibility index (Phi) is 5.87. The molecule has 0 aliphatic rings. The lowest BCUT2D eigenvalue weighted by Gasteiger charge is -2.07. The predicted molar refractivity (Wildman–Crippen MR) is 109 cm³/mol. The number of hydrogen-bond donors (Lipinski definition) is 2. The van der Waals surface area contributed by atoms with Gasteiger partial charge in [0.1, 0.15) is 11.5 Å².